The number of benzene rings is 1. The molecule has 2 aromatic rings. The molecule has 0 radical (unpaired) electrons. The van der Waals surface area contributed by atoms with Crippen LogP contribution in [-0.4, -0.2) is 16.5 Å². The van der Waals surface area contributed by atoms with Crippen molar-refractivity contribution in [3.8, 4) is 5.75 Å². The maximum Gasteiger partial charge on any atom is 0.573 e. The number of hydrogen-bond donors (Lipinski definition) is 1. The van der Waals surface area contributed by atoms with Crippen LogP contribution in [0.5, 0.6) is 5.75 Å². The van der Waals surface area contributed by atoms with Gasteiger partial charge in [0.1, 0.15) is 11.9 Å². The molecule has 1 aromatic carbocycles. The molecule has 1 aromatic heterocycles. The van der Waals surface area contributed by atoms with Crippen LogP contribution in [0.1, 0.15) is 17.4 Å². The van der Waals surface area contributed by atoms with Gasteiger partial charge in [-0.3, -0.25) is 4.98 Å². The van der Waals surface area contributed by atoms with E-state index in [1.165, 1.54) is 30.5 Å². The summed E-state index contributed by atoms with van der Waals surface area (Å²) in [5, 5.41) is 10.1. The van der Waals surface area contributed by atoms with E-state index in [4.69, 9.17) is 0 Å². The highest BCUT2D eigenvalue weighted by Crippen LogP contribution is 2.32. The number of nitrogens with zero attached hydrogens (tertiary/aromatic N) is 1. The molecule has 0 amide bonds. The second-order valence-corrected chi connectivity index (χ2v) is 4.81. The van der Waals surface area contributed by atoms with Crippen LogP contribution < -0.4 is 4.74 Å². The van der Waals surface area contributed by atoms with Gasteiger partial charge in [-0.25, -0.2) is 0 Å². The van der Waals surface area contributed by atoms with Gasteiger partial charge in [0.2, 0.25) is 0 Å². The van der Waals surface area contributed by atoms with Crippen LogP contribution in [-0.2, 0) is 0 Å². The van der Waals surface area contributed by atoms with Crippen LogP contribution in [0.25, 0.3) is 0 Å². The second kappa shape index (κ2) is 5.80. The number of pyridine rings is 1. The van der Waals surface area contributed by atoms with Crippen molar-refractivity contribution in [2.24, 2.45) is 0 Å². The van der Waals surface area contributed by atoms with Gasteiger partial charge in [-0.05, 0) is 34.1 Å². The Balaban J connectivity index is 2.34. The van der Waals surface area contributed by atoms with Crippen molar-refractivity contribution in [2.45, 2.75) is 12.5 Å². The summed E-state index contributed by atoms with van der Waals surface area (Å²) in [5.41, 5.74) is 0.228. The molecule has 0 bridgehead atoms. The van der Waals surface area contributed by atoms with Crippen LogP contribution in [0.4, 0.5) is 13.2 Å². The first-order valence-electron chi connectivity index (χ1n) is 5.51. The highest BCUT2D eigenvalue weighted by molar-refractivity contribution is 9.10. The molecular weight excluding hydrogens is 339 g/mol. The van der Waals surface area contributed by atoms with E-state index >= 15 is 0 Å². The largest absolute Gasteiger partial charge is 0.573 e. The fourth-order valence-corrected chi connectivity index (χ4v) is 1.87. The summed E-state index contributed by atoms with van der Waals surface area (Å²) in [6, 6.07) is 8.56. The number of aromatic nitrogens is 1. The highest BCUT2D eigenvalue weighted by Gasteiger charge is 2.33. The first-order valence-corrected chi connectivity index (χ1v) is 6.30. The van der Waals surface area contributed by atoms with E-state index in [0.29, 0.717) is 4.47 Å². The molecule has 1 atom stereocenters. The Morgan fingerprint density at radius 3 is 2.45 bits per heavy atom. The molecule has 0 saturated carbocycles. The lowest BCUT2D eigenvalue weighted by atomic mass is 10.1. The SMILES string of the molecule is OC(c1ccc(Br)cn1)c1ccccc1OC(F)(F)F. The fourth-order valence-electron chi connectivity index (χ4n) is 1.63. The van der Waals surface area contributed by atoms with Gasteiger partial charge in [-0.1, -0.05) is 18.2 Å². The van der Waals surface area contributed by atoms with E-state index in [2.05, 4.69) is 25.7 Å². The normalized spacial score (nSPS) is 13.1. The third-order valence-electron chi connectivity index (χ3n) is 2.47. The molecule has 0 fully saturated rings. The van der Waals surface area contributed by atoms with Crippen molar-refractivity contribution in [3.05, 3.63) is 58.3 Å². The maximum absolute atomic E-state index is 12.3. The average molecular weight is 348 g/mol. The summed E-state index contributed by atoms with van der Waals surface area (Å²) in [5.74, 6) is -0.447. The highest BCUT2D eigenvalue weighted by atomic mass is 79.9. The Morgan fingerprint density at radius 2 is 1.85 bits per heavy atom. The number of alkyl halides is 3. The van der Waals surface area contributed by atoms with E-state index in [1.807, 2.05) is 0 Å². The first-order chi connectivity index (χ1) is 9.37. The number of ether oxygens (including phenoxy) is 1. The van der Waals surface area contributed by atoms with Gasteiger partial charge in [-0.15, -0.1) is 13.2 Å². The van der Waals surface area contributed by atoms with Crippen molar-refractivity contribution >= 4 is 15.9 Å². The monoisotopic (exact) mass is 347 g/mol. The van der Waals surface area contributed by atoms with Gasteiger partial charge in [0.15, 0.2) is 0 Å². The summed E-state index contributed by atoms with van der Waals surface area (Å²) >= 11 is 3.19. The number of rotatable bonds is 3. The Morgan fingerprint density at radius 1 is 1.15 bits per heavy atom. The Bertz CT molecular complexity index is 587. The van der Waals surface area contributed by atoms with Gasteiger partial charge in [-0.2, -0.15) is 0 Å². The predicted octanol–water partition coefficient (Wildman–Crippen LogP) is 3.82. The molecule has 2 rings (SSSR count). The van der Waals surface area contributed by atoms with Crippen molar-refractivity contribution in [1.82, 2.24) is 4.98 Å². The lowest BCUT2D eigenvalue weighted by Crippen LogP contribution is -2.19. The second-order valence-electron chi connectivity index (χ2n) is 3.89. The minimum absolute atomic E-state index is 0.000326. The average Bonchev–Trinajstić information content (AvgIpc) is 2.37. The molecule has 1 unspecified atom stereocenters. The number of halogens is 4. The molecule has 1 heterocycles. The van der Waals surface area contributed by atoms with E-state index < -0.39 is 18.2 Å². The number of aliphatic hydroxyl groups excluding tert-OH is 1. The van der Waals surface area contributed by atoms with Gasteiger partial charge < -0.3 is 9.84 Å². The Kier molecular flexibility index (Phi) is 4.29. The standard InChI is InChI=1S/C13H9BrF3NO2/c14-8-5-6-10(18-7-8)12(19)9-3-1-2-4-11(9)20-13(15,16)17/h1-7,12,19H. The lowest BCUT2D eigenvalue weighted by Gasteiger charge is -2.16. The van der Waals surface area contributed by atoms with Crippen molar-refractivity contribution in [1.29, 1.82) is 0 Å². The summed E-state index contributed by atoms with van der Waals surface area (Å²) in [6.07, 6.45) is -4.67. The molecule has 20 heavy (non-hydrogen) atoms. The smallest absolute Gasteiger partial charge is 0.405 e. The number of hydrogen-bond acceptors (Lipinski definition) is 3. The summed E-state index contributed by atoms with van der Waals surface area (Å²) in [6.45, 7) is 0. The van der Waals surface area contributed by atoms with Crippen LogP contribution in [0.3, 0.4) is 0 Å². The van der Waals surface area contributed by atoms with Crippen molar-refractivity contribution in [3.63, 3.8) is 0 Å². The minimum Gasteiger partial charge on any atom is -0.405 e. The Hall–Kier alpha value is -1.60. The van der Waals surface area contributed by atoms with Gasteiger partial charge in [0, 0.05) is 16.2 Å². The molecule has 0 saturated heterocycles. The molecule has 7 heteroatoms. The lowest BCUT2D eigenvalue weighted by molar-refractivity contribution is -0.275. The molecule has 0 aliphatic heterocycles. The van der Waals surface area contributed by atoms with Gasteiger partial charge in [0.25, 0.3) is 0 Å². The fraction of sp³-hybridized carbons (Fsp3) is 0.154. The Labute approximate surface area is 121 Å². The number of aliphatic hydroxyl groups is 1. The van der Waals surface area contributed by atoms with Crippen molar-refractivity contribution < 1.29 is 23.0 Å². The van der Waals surface area contributed by atoms with E-state index in [0.717, 1.165) is 6.07 Å². The molecule has 1 N–H and O–H groups in total. The summed E-state index contributed by atoms with van der Waals surface area (Å²) in [4.78, 5) is 3.96. The third-order valence-corrected chi connectivity index (χ3v) is 2.94. The molecule has 0 aliphatic rings. The zero-order chi connectivity index (χ0) is 14.8. The van der Waals surface area contributed by atoms with E-state index in [-0.39, 0.29) is 11.3 Å². The predicted molar refractivity (Wildman–Crippen MR) is 69.1 cm³/mol. The van der Waals surface area contributed by atoms with Crippen LogP contribution in [0, 0.1) is 0 Å². The quantitative estimate of drug-likeness (QED) is 0.917. The molecule has 3 nitrogen and oxygen atoms in total. The van der Waals surface area contributed by atoms with Gasteiger partial charge in [0.05, 0.1) is 5.69 Å². The van der Waals surface area contributed by atoms with Gasteiger partial charge >= 0.3 is 6.36 Å². The maximum atomic E-state index is 12.3. The third kappa shape index (κ3) is 3.71. The summed E-state index contributed by atoms with van der Waals surface area (Å²) < 4.78 is 41.5. The minimum atomic E-state index is -4.82. The van der Waals surface area contributed by atoms with Crippen molar-refractivity contribution in [2.75, 3.05) is 0 Å². The first kappa shape index (κ1) is 14.8. The summed E-state index contributed by atoms with van der Waals surface area (Å²) in [7, 11) is 0. The van der Waals surface area contributed by atoms with Crippen LogP contribution in [0.15, 0.2) is 47.1 Å². The molecule has 0 aliphatic carbocycles. The van der Waals surface area contributed by atoms with Crippen LogP contribution in [0.2, 0.25) is 0 Å². The van der Waals surface area contributed by atoms with E-state index in [1.54, 1.807) is 6.07 Å². The molecular formula is C13H9BrF3NO2. The number of para-hydroxylation sites is 1. The zero-order valence-electron chi connectivity index (χ0n) is 9.93. The van der Waals surface area contributed by atoms with Crippen LogP contribution >= 0.6 is 15.9 Å². The van der Waals surface area contributed by atoms with E-state index in [9.17, 15) is 18.3 Å². The molecule has 106 valence electrons. The zero-order valence-corrected chi connectivity index (χ0v) is 11.5. The molecule has 0 spiro atoms. The topological polar surface area (TPSA) is 42.4 Å².